The van der Waals surface area contributed by atoms with Crippen LogP contribution < -0.4 is 10.1 Å². The molecule has 0 spiro atoms. The van der Waals surface area contributed by atoms with E-state index in [9.17, 15) is 0 Å². The lowest BCUT2D eigenvalue weighted by molar-refractivity contribution is 0.127. The van der Waals surface area contributed by atoms with Crippen LogP contribution in [0, 0.1) is 0 Å². The van der Waals surface area contributed by atoms with Crippen LogP contribution in [0.4, 0.5) is 0 Å². The molecule has 1 unspecified atom stereocenters. The van der Waals surface area contributed by atoms with E-state index < -0.39 is 0 Å². The molecular weight excluding hydrogens is 362 g/mol. The van der Waals surface area contributed by atoms with Gasteiger partial charge in [0.05, 0.1) is 22.7 Å². The average molecular weight is 381 g/mol. The van der Waals surface area contributed by atoms with Crippen LogP contribution in [-0.4, -0.2) is 26.4 Å². The van der Waals surface area contributed by atoms with Crippen molar-refractivity contribution in [3.05, 3.63) is 26.6 Å². The third-order valence-electron chi connectivity index (χ3n) is 2.49. The van der Waals surface area contributed by atoms with Crippen molar-refractivity contribution in [2.24, 2.45) is 0 Å². The van der Waals surface area contributed by atoms with Crippen molar-refractivity contribution < 1.29 is 9.47 Å². The SMILES string of the molecule is CCOCC(C)NCc1cc(Br)c(OC)c(Br)c1. The van der Waals surface area contributed by atoms with Crippen LogP contribution in [-0.2, 0) is 11.3 Å². The summed E-state index contributed by atoms with van der Waals surface area (Å²) in [6.45, 7) is 6.41. The molecule has 0 saturated carbocycles. The van der Waals surface area contributed by atoms with Gasteiger partial charge in [0.2, 0.25) is 0 Å². The monoisotopic (exact) mass is 379 g/mol. The molecule has 0 amide bonds. The quantitative estimate of drug-likeness (QED) is 0.781. The molecule has 18 heavy (non-hydrogen) atoms. The Morgan fingerprint density at radius 1 is 1.28 bits per heavy atom. The highest BCUT2D eigenvalue weighted by Crippen LogP contribution is 2.34. The van der Waals surface area contributed by atoms with E-state index >= 15 is 0 Å². The number of hydrogen-bond acceptors (Lipinski definition) is 3. The summed E-state index contributed by atoms with van der Waals surface area (Å²) < 4.78 is 12.5. The van der Waals surface area contributed by atoms with E-state index in [0.717, 1.165) is 34.5 Å². The molecule has 1 aromatic rings. The van der Waals surface area contributed by atoms with E-state index in [1.807, 2.05) is 6.92 Å². The Kier molecular flexibility index (Phi) is 7.22. The molecule has 0 heterocycles. The Bertz CT molecular complexity index is 362. The third-order valence-corrected chi connectivity index (χ3v) is 3.67. The predicted octanol–water partition coefficient (Wildman–Crippen LogP) is 3.73. The van der Waals surface area contributed by atoms with Gasteiger partial charge in [0.25, 0.3) is 0 Å². The smallest absolute Gasteiger partial charge is 0.147 e. The van der Waals surface area contributed by atoms with Crippen molar-refractivity contribution in [1.82, 2.24) is 5.32 Å². The van der Waals surface area contributed by atoms with Crippen LogP contribution in [0.15, 0.2) is 21.1 Å². The highest BCUT2D eigenvalue weighted by molar-refractivity contribution is 9.11. The van der Waals surface area contributed by atoms with Gasteiger partial charge >= 0.3 is 0 Å². The number of halogens is 2. The molecule has 1 aromatic carbocycles. The van der Waals surface area contributed by atoms with E-state index in [1.54, 1.807) is 7.11 Å². The second kappa shape index (κ2) is 8.15. The predicted molar refractivity (Wildman–Crippen MR) is 81.2 cm³/mol. The second-order valence-electron chi connectivity index (χ2n) is 4.03. The Balaban J connectivity index is 2.58. The van der Waals surface area contributed by atoms with Crippen molar-refractivity contribution in [2.45, 2.75) is 26.4 Å². The number of nitrogens with one attached hydrogen (secondary N) is 1. The van der Waals surface area contributed by atoms with Gasteiger partial charge < -0.3 is 14.8 Å². The largest absolute Gasteiger partial charge is 0.494 e. The molecule has 0 radical (unpaired) electrons. The first-order valence-corrected chi connectivity index (χ1v) is 7.50. The molecular formula is C13H19Br2NO2. The van der Waals surface area contributed by atoms with Gasteiger partial charge in [-0.05, 0) is 63.4 Å². The minimum atomic E-state index is 0.338. The molecule has 0 saturated heterocycles. The number of methoxy groups -OCH3 is 1. The zero-order chi connectivity index (χ0) is 13.5. The summed E-state index contributed by atoms with van der Waals surface area (Å²) in [6, 6.07) is 4.46. The lowest BCUT2D eigenvalue weighted by atomic mass is 10.2. The van der Waals surface area contributed by atoms with Crippen LogP contribution >= 0.6 is 31.9 Å². The number of ether oxygens (including phenoxy) is 2. The highest BCUT2D eigenvalue weighted by Gasteiger charge is 2.08. The van der Waals surface area contributed by atoms with Gasteiger partial charge in [-0.3, -0.25) is 0 Å². The Hall–Kier alpha value is -0.100. The Morgan fingerprint density at radius 3 is 2.39 bits per heavy atom. The highest BCUT2D eigenvalue weighted by atomic mass is 79.9. The standard InChI is InChI=1S/C13H19Br2NO2/c1-4-18-8-9(2)16-7-10-5-11(14)13(17-3)12(15)6-10/h5-6,9,16H,4,7-8H2,1-3H3. The van der Waals surface area contributed by atoms with Crippen LogP contribution in [0.2, 0.25) is 0 Å². The van der Waals surface area contributed by atoms with E-state index in [1.165, 1.54) is 5.56 Å². The molecule has 0 aromatic heterocycles. The minimum absolute atomic E-state index is 0.338. The molecule has 1 N–H and O–H groups in total. The van der Waals surface area contributed by atoms with Crippen LogP contribution in [0.1, 0.15) is 19.4 Å². The molecule has 102 valence electrons. The molecule has 0 aliphatic rings. The van der Waals surface area contributed by atoms with Crippen molar-refractivity contribution in [1.29, 1.82) is 0 Å². The third kappa shape index (κ3) is 4.88. The first kappa shape index (κ1) is 16.0. The fourth-order valence-electron chi connectivity index (χ4n) is 1.56. The fourth-order valence-corrected chi connectivity index (χ4v) is 3.16. The number of rotatable bonds is 7. The van der Waals surface area contributed by atoms with Crippen LogP contribution in [0.3, 0.4) is 0 Å². The van der Waals surface area contributed by atoms with Gasteiger partial charge in [-0.25, -0.2) is 0 Å². The molecule has 5 heteroatoms. The first-order valence-electron chi connectivity index (χ1n) is 5.91. The summed E-state index contributed by atoms with van der Waals surface area (Å²) in [7, 11) is 1.66. The lowest BCUT2D eigenvalue weighted by Gasteiger charge is -2.15. The van der Waals surface area contributed by atoms with E-state index in [4.69, 9.17) is 9.47 Å². The van der Waals surface area contributed by atoms with Gasteiger partial charge in [-0.2, -0.15) is 0 Å². The van der Waals surface area contributed by atoms with E-state index in [2.05, 4.69) is 56.2 Å². The van der Waals surface area contributed by atoms with E-state index in [-0.39, 0.29) is 0 Å². The molecule has 0 bridgehead atoms. The van der Waals surface area contributed by atoms with E-state index in [0.29, 0.717) is 6.04 Å². The summed E-state index contributed by atoms with van der Waals surface area (Å²) in [4.78, 5) is 0. The van der Waals surface area contributed by atoms with Crippen molar-refractivity contribution in [2.75, 3.05) is 20.3 Å². The van der Waals surface area contributed by atoms with Crippen molar-refractivity contribution in [3.8, 4) is 5.75 Å². The summed E-state index contributed by atoms with van der Waals surface area (Å²) in [6.07, 6.45) is 0. The second-order valence-corrected chi connectivity index (χ2v) is 5.74. The van der Waals surface area contributed by atoms with Crippen LogP contribution in [0.25, 0.3) is 0 Å². The maximum Gasteiger partial charge on any atom is 0.147 e. The van der Waals surface area contributed by atoms with Gasteiger partial charge in [-0.1, -0.05) is 0 Å². The normalized spacial score (nSPS) is 12.5. The molecule has 1 atom stereocenters. The number of hydrogen-bond donors (Lipinski definition) is 1. The number of benzene rings is 1. The summed E-state index contributed by atoms with van der Waals surface area (Å²) in [5, 5.41) is 3.42. The minimum Gasteiger partial charge on any atom is -0.494 e. The van der Waals surface area contributed by atoms with Gasteiger partial charge in [-0.15, -0.1) is 0 Å². The van der Waals surface area contributed by atoms with Gasteiger partial charge in [0.15, 0.2) is 0 Å². The van der Waals surface area contributed by atoms with Crippen molar-refractivity contribution in [3.63, 3.8) is 0 Å². The van der Waals surface area contributed by atoms with Crippen molar-refractivity contribution >= 4 is 31.9 Å². The lowest BCUT2D eigenvalue weighted by Crippen LogP contribution is -2.30. The van der Waals surface area contributed by atoms with Gasteiger partial charge in [0.1, 0.15) is 5.75 Å². The topological polar surface area (TPSA) is 30.5 Å². The average Bonchev–Trinajstić information content (AvgIpc) is 2.33. The zero-order valence-electron chi connectivity index (χ0n) is 10.9. The molecule has 1 rings (SSSR count). The molecule has 0 aliphatic carbocycles. The molecule has 3 nitrogen and oxygen atoms in total. The Labute approximate surface area is 125 Å². The maximum absolute atomic E-state index is 5.37. The summed E-state index contributed by atoms with van der Waals surface area (Å²) in [5.74, 6) is 0.820. The summed E-state index contributed by atoms with van der Waals surface area (Å²) in [5.41, 5.74) is 1.19. The fraction of sp³-hybridized carbons (Fsp3) is 0.538. The van der Waals surface area contributed by atoms with Crippen LogP contribution in [0.5, 0.6) is 5.75 Å². The molecule has 0 aliphatic heterocycles. The molecule has 0 fully saturated rings. The maximum atomic E-state index is 5.37. The van der Waals surface area contributed by atoms with Gasteiger partial charge in [0, 0.05) is 19.2 Å². The zero-order valence-corrected chi connectivity index (χ0v) is 14.1. The Morgan fingerprint density at radius 2 is 1.89 bits per heavy atom. The first-order chi connectivity index (χ1) is 8.58. The summed E-state index contributed by atoms with van der Waals surface area (Å²) >= 11 is 7.00.